The quantitative estimate of drug-likeness (QED) is 0.251. The fraction of sp³-hybridized carbons (Fsp3) is 0.913. The third-order valence-electron chi connectivity index (χ3n) is 7.83. The van der Waals surface area contributed by atoms with Crippen LogP contribution in [0.15, 0.2) is 0 Å². The van der Waals surface area contributed by atoms with Gasteiger partial charge in [0, 0.05) is 18.9 Å². The van der Waals surface area contributed by atoms with Gasteiger partial charge in [-0.3, -0.25) is 14.8 Å². The topological polar surface area (TPSA) is 94.1 Å². The highest BCUT2D eigenvalue weighted by Crippen LogP contribution is 2.61. The van der Waals surface area contributed by atoms with Crippen molar-refractivity contribution in [2.75, 3.05) is 7.11 Å². The predicted molar refractivity (Wildman–Crippen MR) is 111 cm³/mol. The molecule has 4 atom stereocenters. The van der Waals surface area contributed by atoms with Crippen molar-refractivity contribution in [2.45, 2.75) is 103 Å². The maximum Gasteiger partial charge on any atom is 0.312 e. The predicted octanol–water partition coefficient (Wildman–Crippen LogP) is 3.97. The maximum absolute atomic E-state index is 13.5. The molecule has 4 rings (SSSR count). The highest BCUT2D eigenvalue weighted by atomic mass is 16.7. The van der Waals surface area contributed by atoms with Crippen LogP contribution in [0.5, 0.6) is 0 Å². The van der Waals surface area contributed by atoms with Gasteiger partial charge >= 0.3 is 5.97 Å². The zero-order valence-corrected chi connectivity index (χ0v) is 19.4. The molecule has 0 aromatic heterocycles. The van der Waals surface area contributed by atoms with Crippen LogP contribution in [0.1, 0.15) is 86.0 Å². The molecular formula is C23H39NO6. The van der Waals surface area contributed by atoms with E-state index in [-0.39, 0.29) is 17.9 Å². The lowest BCUT2D eigenvalue weighted by molar-refractivity contribution is -0.277. The first-order valence-corrected chi connectivity index (χ1v) is 11.3. The van der Waals surface area contributed by atoms with Crippen LogP contribution in [0.2, 0.25) is 0 Å². The van der Waals surface area contributed by atoms with Crippen LogP contribution >= 0.6 is 0 Å². The summed E-state index contributed by atoms with van der Waals surface area (Å²) in [6.07, 6.45) is 6.26. The number of esters is 1. The molecular weight excluding hydrogens is 386 g/mol. The van der Waals surface area contributed by atoms with E-state index in [1.54, 1.807) is 26.4 Å². The lowest BCUT2D eigenvalue weighted by Crippen LogP contribution is -2.62. The molecule has 7 nitrogen and oxygen atoms in total. The van der Waals surface area contributed by atoms with Crippen LogP contribution in [0, 0.1) is 22.7 Å². The summed E-state index contributed by atoms with van der Waals surface area (Å²) < 4.78 is 18.1. The van der Waals surface area contributed by atoms with Crippen molar-refractivity contribution in [3.8, 4) is 0 Å². The number of carbonyl (C=O) groups excluding carboxylic acids is 2. The Kier molecular flexibility index (Phi) is 6.31. The van der Waals surface area contributed by atoms with Gasteiger partial charge in [0.05, 0.1) is 11.0 Å². The second-order valence-corrected chi connectivity index (χ2v) is 11.1. The highest BCUT2D eigenvalue weighted by Gasteiger charge is 2.61. The standard InChI is InChI=1S/C23H39NO6/c1-7-21(5,13-20(3,4)18(25)24-27)19(26)30-23-11-16-8-17(12-23)10-22(9-16,14-23)29-15(2)28-6/h15-17,27H,7-14H2,1-6H3,(H,24,25). The average molecular weight is 426 g/mol. The molecule has 4 aliphatic carbocycles. The van der Waals surface area contributed by atoms with Crippen molar-refractivity contribution in [2.24, 2.45) is 22.7 Å². The molecule has 4 unspecified atom stereocenters. The number of amides is 1. The van der Waals surface area contributed by atoms with Crippen molar-refractivity contribution in [3.63, 3.8) is 0 Å². The van der Waals surface area contributed by atoms with Gasteiger partial charge in [0.2, 0.25) is 5.91 Å². The minimum absolute atomic E-state index is 0.249. The number of ether oxygens (including phenoxy) is 3. The molecule has 7 heteroatoms. The number of hydroxylamine groups is 1. The first-order valence-electron chi connectivity index (χ1n) is 11.3. The van der Waals surface area contributed by atoms with Crippen LogP contribution in [0.4, 0.5) is 0 Å². The van der Waals surface area contributed by atoms with Gasteiger partial charge in [0.1, 0.15) is 5.60 Å². The van der Waals surface area contributed by atoms with Crippen LogP contribution in [0.25, 0.3) is 0 Å². The van der Waals surface area contributed by atoms with Gasteiger partial charge in [-0.2, -0.15) is 0 Å². The summed E-state index contributed by atoms with van der Waals surface area (Å²) >= 11 is 0. The van der Waals surface area contributed by atoms with E-state index in [1.165, 1.54) is 6.42 Å². The molecule has 0 aliphatic heterocycles. The Labute approximate surface area is 180 Å². The molecule has 4 fully saturated rings. The second-order valence-electron chi connectivity index (χ2n) is 11.1. The summed E-state index contributed by atoms with van der Waals surface area (Å²) in [6, 6.07) is 0. The third-order valence-corrected chi connectivity index (χ3v) is 7.83. The number of nitrogens with one attached hydrogen (secondary N) is 1. The van der Waals surface area contributed by atoms with Crippen molar-refractivity contribution < 1.29 is 29.0 Å². The van der Waals surface area contributed by atoms with E-state index >= 15 is 0 Å². The number of hydrogen-bond acceptors (Lipinski definition) is 6. The van der Waals surface area contributed by atoms with E-state index in [1.807, 2.05) is 20.8 Å². The number of methoxy groups -OCH3 is 1. The second kappa shape index (κ2) is 8.06. The molecule has 172 valence electrons. The van der Waals surface area contributed by atoms with Gasteiger partial charge in [-0.05, 0) is 70.6 Å². The zero-order valence-electron chi connectivity index (χ0n) is 19.4. The van der Waals surface area contributed by atoms with Crippen LogP contribution in [0.3, 0.4) is 0 Å². The Morgan fingerprint density at radius 1 is 1.13 bits per heavy atom. The van der Waals surface area contributed by atoms with E-state index in [9.17, 15) is 9.59 Å². The largest absolute Gasteiger partial charge is 0.459 e. The average Bonchev–Trinajstić information content (AvgIpc) is 2.64. The summed E-state index contributed by atoms with van der Waals surface area (Å²) in [5, 5.41) is 9.07. The Balaban J connectivity index is 1.78. The van der Waals surface area contributed by atoms with E-state index in [4.69, 9.17) is 19.4 Å². The molecule has 1 amide bonds. The van der Waals surface area contributed by atoms with Gasteiger partial charge in [0.15, 0.2) is 6.29 Å². The van der Waals surface area contributed by atoms with Gasteiger partial charge in [0.25, 0.3) is 0 Å². The van der Waals surface area contributed by atoms with Crippen LogP contribution in [-0.4, -0.2) is 41.7 Å². The Morgan fingerprint density at radius 2 is 1.70 bits per heavy atom. The third kappa shape index (κ3) is 4.39. The molecule has 0 spiro atoms. The van der Waals surface area contributed by atoms with Crippen LogP contribution < -0.4 is 5.48 Å². The molecule has 0 aromatic carbocycles. The normalized spacial score (nSPS) is 35.6. The summed E-state index contributed by atoms with van der Waals surface area (Å²) in [4.78, 5) is 25.6. The smallest absolute Gasteiger partial charge is 0.312 e. The minimum Gasteiger partial charge on any atom is -0.459 e. The molecule has 2 N–H and O–H groups in total. The summed E-state index contributed by atoms with van der Waals surface area (Å²) in [5.41, 5.74) is -0.747. The molecule has 0 aromatic rings. The monoisotopic (exact) mass is 425 g/mol. The highest BCUT2D eigenvalue weighted by molar-refractivity contribution is 5.83. The molecule has 4 saturated carbocycles. The molecule has 4 aliphatic rings. The lowest BCUT2D eigenvalue weighted by Gasteiger charge is -2.61. The molecule has 0 radical (unpaired) electrons. The number of carbonyl (C=O) groups is 2. The van der Waals surface area contributed by atoms with Gasteiger partial charge in [-0.25, -0.2) is 5.48 Å². The van der Waals surface area contributed by atoms with E-state index in [0.29, 0.717) is 31.1 Å². The summed E-state index contributed by atoms with van der Waals surface area (Å²) in [7, 11) is 1.65. The Hall–Kier alpha value is -1.18. The van der Waals surface area contributed by atoms with Crippen molar-refractivity contribution in [1.82, 2.24) is 5.48 Å². The number of rotatable bonds is 9. The van der Waals surface area contributed by atoms with E-state index < -0.39 is 22.3 Å². The molecule has 30 heavy (non-hydrogen) atoms. The molecule has 0 heterocycles. The SMILES string of the molecule is CCC(C)(CC(C)(C)C(=O)NO)C(=O)OC12CC3CC(C1)CC(OC(C)OC)(C3)C2. The first kappa shape index (κ1) is 23.5. The van der Waals surface area contributed by atoms with Crippen LogP contribution in [-0.2, 0) is 23.8 Å². The molecule has 0 saturated heterocycles. The van der Waals surface area contributed by atoms with Crippen molar-refractivity contribution in [1.29, 1.82) is 0 Å². The van der Waals surface area contributed by atoms with Crippen molar-refractivity contribution >= 4 is 11.9 Å². The van der Waals surface area contributed by atoms with E-state index in [2.05, 4.69) is 0 Å². The zero-order chi connectivity index (χ0) is 22.4. The van der Waals surface area contributed by atoms with Gasteiger partial charge in [-0.15, -0.1) is 0 Å². The van der Waals surface area contributed by atoms with E-state index in [0.717, 1.165) is 25.7 Å². The van der Waals surface area contributed by atoms with Gasteiger partial charge < -0.3 is 14.2 Å². The Bertz CT molecular complexity index is 663. The summed E-state index contributed by atoms with van der Waals surface area (Å²) in [6.45, 7) is 9.19. The maximum atomic E-state index is 13.5. The first-order chi connectivity index (χ1) is 13.9. The Morgan fingerprint density at radius 3 is 2.20 bits per heavy atom. The van der Waals surface area contributed by atoms with Gasteiger partial charge in [-0.1, -0.05) is 20.8 Å². The fourth-order valence-corrected chi connectivity index (χ4v) is 6.62. The lowest BCUT2D eigenvalue weighted by atomic mass is 9.52. The summed E-state index contributed by atoms with van der Waals surface area (Å²) in [5.74, 6) is 0.270. The minimum atomic E-state index is -0.891. The fourth-order valence-electron chi connectivity index (χ4n) is 6.62. The number of hydrogen-bond donors (Lipinski definition) is 2. The van der Waals surface area contributed by atoms with Crippen molar-refractivity contribution in [3.05, 3.63) is 0 Å². The molecule has 4 bridgehead atoms.